The van der Waals surface area contributed by atoms with Crippen molar-refractivity contribution in [3.63, 3.8) is 0 Å². The molecule has 2 fully saturated rings. The van der Waals surface area contributed by atoms with Crippen LogP contribution in [0.5, 0.6) is 0 Å². The highest BCUT2D eigenvalue weighted by Crippen LogP contribution is 2.40. The smallest absolute Gasteiger partial charge is 0.250 e. The van der Waals surface area contributed by atoms with Gasteiger partial charge in [-0.2, -0.15) is 0 Å². The minimum absolute atomic E-state index is 0. The molecule has 0 aromatic heterocycles. The number of morpholine rings is 1. The molecule has 124 valence electrons. The topological polar surface area (TPSA) is 50.4 Å². The molecule has 1 aliphatic carbocycles. The highest BCUT2D eigenvalue weighted by molar-refractivity contribution is 5.85. The SMILES string of the molecule is CCC(C)(C)C1CCC(NC(=O)C2CNCCO2)CC1.Cl. The second kappa shape index (κ2) is 8.35. The molecule has 1 aliphatic heterocycles. The monoisotopic (exact) mass is 318 g/mol. The quantitative estimate of drug-likeness (QED) is 0.837. The Balaban J connectivity index is 0.00000220. The van der Waals surface area contributed by atoms with Crippen LogP contribution in [0.1, 0.15) is 52.9 Å². The molecule has 2 rings (SSSR count). The summed E-state index contributed by atoms with van der Waals surface area (Å²) in [4.78, 5) is 12.1. The van der Waals surface area contributed by atoms with Gasteiger partial charge in [0.15, 0.2) is 0 Å². The summed E-state index contributed by atoms with van der Waals surface area (Å²) < 4.78 is 5.50. The first kappa shape index (κ1) is 18.7. The van der Waals surface area contributed by atoms with Gasteiger partial charge in [-0.15, -0.1) is 12.4 Å². The summed E-state index contributed by atoms with van der Waals surface area (Å²) in [6, 6.07) is 0.344. The number of halogens is 1. The van der Waals surface area contributed by atoms with E-state index in [2.05, 4.69) is 31.4 Å². The first-order valence-corrected chi connectivity index (χ1v) is 8.15. The number of hydrogen-bond donors (Lipinski definition) is 2. The van der Waals surface area contributed by atoms with Gasteiger partial charge in [0.1, 0.15) is 6.10 Å². The van der Waals surface area contributed by atoms with Gasteiger partial charge in [0.2, 0.25) is 0 Å². The summed E-state index contributed by atoms with van der Waals surface area (Å²) >= 11 is 0. The van der Waals surface area contributed by atoms with E-state index >= 15 is 0 Å². The molecule has 5 heteroatoms. The lowest BCUT2D eigenvalue weighted by molar-refractivity contribution is -0.135. The molecule has 2 N–H and O–H groups in total. The van der Waals surface area contributed by atoms with Gasteiger partial charge in [0.05, 0.1) is 6.61 Å². The molecule has 1 saturated carbocycles. The Morgan fingerprint density at radius 1 is 1.29 bits per heavy atom. The van der Waals surface area contributed by atoms with Gasteiger partial charge in [-0.25, -0.2) is 0 Å². The number of hydrogen-bond acceptors (Lipinski definition) is 3. The summed E-state index contributed by atoms with van der Waals surface area (Å²) in [5, 5.41) is 6.38. The molecule has 0 aromatic carbocycles. The van der Waals surface area contributed by atoms with Gasteiger partial charge in [-0.3, -0.25) is 4.79 Å². The van der Waals surface area contributed by atoms with Gasteiger partial charge in [0, 0.05) is 19.1 Å². The average Bonchev–Trinajstić information content (AvgIpc) is 2.48. The molecule has 1 amide bonds. The third kappa shape index (κ3) is 5.11. The maximum Gasteiger partial charge on any atom is 0.250 e. The second-order valence-corrected chi connectivity index (χ2v) is 6.96. The predicted molar refractivity (Wildman–Crippen MR) is 87.8 cm³/mol. The molecule has 0 spiro atoms. The zero-order valence-corrected chi connectivity index (χ0v) is 14.4. The summed E-state index contributed by atoms with van der Waals surface area (Å²) in [5.74, 6) is 0.864. The zero-order valence-electron chi connectivity index (χ0n) is 13.6. The summed E-state index contributed by atoms with van der Waals surface area (Å²) in [6.45, 7) is 9.15. The van der Waals surface area contributed by atoms with Crippen LogP contribution in [0.25, 0.3) is 0 Å². The van der Waals surface area contributed by atoms with E-state index in [0.717, 1.165) is 25.3 Å². The Kier molecular flexibility index (Phi) is 7.45. The van der Waals surface area contributed by atoms with Gasteiger partial charge >= 0.3 is 0 Å². The Morgan fingerprint density at radius 2 is 1.95 bits per heavy atom. The highest BCUT2D eigenvalue weighted by Gasteiger charge is 2.33. The maximum atomic E-state index is 12.1. The third-order valence-corrected chi connectivity index (χ3v) is 5.31. The predicted octanol–water partition coefficient (Wildman–Crippen LogP) is 2.51. The van der Waals surface area contributed by atoms with Gasteiger partial charge in [0.25, 0.3) is 5.91 Å². The van der Waals surface area contributed by atoms with Crippen LogP contribution in [0.2, 0.25) is 0 Å². The summed E-state index contributed by atoms with van der Waals surface area (Å²) in [7, 11) is 0. The Hall–Kier alpha value is -0.320. The van der Waals surface area contributed by atoms with Gasteiger partial charge in [-0.1, -0.05) is 27.2 Å². The molecule has 1 heterocycles. The maximum absolute atomic E-state index is 12.1. The van der Waals surface area contributed by atoms with Crippen molar-refractivity contribution in [2.45, 2.75) is 65.0 Å². The standard InChI is InChI=1S/C16H30N2O2.ClH/c1-4-16(2,3)12-5-7-13(8-6-12)18-15(19)14-11-17-9-10-20-14;/h12-14,17H,4-11H2,1-3H3,(H,18,19);1H. The van der Waals surface area contributed by atoms with Crippen molar-refractivity contribution in [3.05, 3.63) is 0 Å². The van der Waals surface area contributed by atoms with E-state index in [9.17, 15) is 4.79 Å². The molecule has 4 nitrogen and oxygen atoms in total. The Bertz CT molecular complexity index is 322. The van der Waals surface area contributed by atoms with Crippen LogP contribution in [0.4, 0.5) is 0 Å². The highest BCUT2D eigenvalue weighted by atomic mass is 35.5. The number of ether oxygens (including phenoxy) is 1. The number of nitrogens with one attached hydrogen (secondary N) is 2. The van der Waals surface area contributed by atoms with E-state index in [4.69, 9.17) is 4.74 Å². The third-order valence-electron chi connectivity index (χ3n) is 5.31. The van der Waals surface area contributed by atoms with E-state index in [0.29, 0.717) is 24.6 Å². The van der Waals surface area contributed by atoms with Crippen molar-refractivity contribution < 1.29 is 9.53 Å². The van der Waals surface area contributed by atoms with E-state index in [-0.39, 0.29) is 24.4 Å². The van der Waals surface area contributed by atoms with Crippen LogP contribution >= 0.6 is 12.4 Å². The van der Waals surface area contributed by atoms with Crippen molar-refractivity contribution in [1.82, 2.24) is 10.6 Å². The van der Waals surface area contributed by atoms with E-state index < -0.39 is 0 Å². The van der Waals surface area contributed by atoms with Crippen molar-refractivity contribution in [2.24, 2.45) is 11.3 Å². The lowest BCUT2D eigenvalue weighted by atomic mass is 9.69. The van der Waals surface area contributed by atoms with Crippen molar-refractivity contribution in [1.29, 1.82) is 0 Å². The minimum atomic E-state index is -0.298. The lowest BCUT2D eigenvalue weighted by Crippen LogP contribution is -2.51. The molecule has 1 saturated heterocycles. The zero-order chi connectivity index (χ0) is 14.6. The summed E-state index contributed by atoms with van der Waals surface area (Å²) in [6.07, 6.45) is 5.62. The number of carbonyl (C=O) groups excluding carboxylic acids is 1. The van der Waals surface area contributed by atoms with Crippen LogP contribution in [0.15, 0.2) is 0 Å². The van der Waals surface area contributed by atoms with E-state index in [1.807, 2.05) is 0 Å². The molecule has 1 atom stereocenters. The van der Waals surface area contributed by atoms with Crippen LogP contribution in [-0.2, 0) is 9.53 Å². The fraction of sp³-hybridized carbons (Fsp3) is 0.938. The van der Waals surface area contributed by atoms with Crippen LogP contribution in [-0.4, -0.2) is 37.7 Å². The molecule has 2 aliphatic rings. The number of amides is 1. The fourth-order valence-corrected chi connectivity index (χ4v) is 3.34. The largest absolute Gasteiger partial charge is 0.366 e. The number of carbonyl (C=O) groups is 1. The second-order valence-electron chi connectivity index (χ2n) is 6.96. The van der Waals surface area contributed by atoms with Crippen molar-refractivity contribution in [3.8, 4) is 0 Å². The van der Waals surface area contributed by atoms with Crippen molar-refractivity contribution >= 4 is 18.3 Å². The first-order valence-electron chi connectivity index (χ1n) is 8.15. The molecule has 0 radical (unpaired) electrons. The van der Waals surface area contributed by atoms with E-state index in [1.165, 1.54) is 19.3 Å². The fourth-order valence-electron chi connectivity index (χ4n) is 3.34. The Morgan fingerprint density at radius 3 is 2.48 bits per heavy atom. The normalized spacial score (nSPS) is 30.3. The van der Waals surface area contributed by atoms with Crippen LogP contribution < -0.4 is 10.6 Å². The summed E-state index contributed by atoms with van der Waals surface area (Å²) in [5.41, 5.74) is 0.436. The van der Waals surface area contributed by atoms with Crippen LogP contribution in [0, 0.1) is 11.3 Å². The van der Waals surface area contributed by atoms with E-state index in [1.54, 1.807) is 0 Å². The van der Waals surface area contributed by atoms with Gasteiger partial charge < -0.3 is 15.4 Å². The molecular weight excluding hydrogens is 288 g/mol. The van der Waals surface area contributed by atoms with Crippen LogP contribution in [0.3, 0.4) is 0 Å². The molecule has 0 aromatic rings. The van der Waals surface area contributed by atoms with Crippen molar-refractivity contribution in [2.75, 3.05) is 19.7 Å². The number of rotatable bonds is 4. The molecule has 21 heavy (non-hydrogen) atoms. The first-order chi connectivity index (χ1) is 9.53. The minimum Gasteiger partial charge on any atom is -0.366 e. The Labute approximate surface area is 135 Å². The lowest BCUT2D eigenvalue weighted by Gasteiger charge is -2.39. The molecule has 1 unspecified atom stereocenters. The average molecular weight is 319 g/mol. The van der Waals surface area contributed by atoms with Gasteiger partial charge in [-0.05, 0) is 37.0 Å². The molecule has 0 bridgehead atoms. The molecular formula is C16H31ClN2O2.